The van der Waals surface area contributed by atoms with E-state index in [0.29, 0.717) is 24.9 Å². The highest BCUT2D eigenvalue weighted by atomic mass is 16.5. The van der Waals surface area contributed by atoms with Crippen molar-refractivity contribution in [3.63, 3.8) is 0 Å². The highest BCUT2D eigenvalue weighted by Gasteiger charge is 2.28. The van der Waals surface area contributed by atoms with Crippen molar-refractivity contribution in [2.75, 3.05) is 26.7 Å². The summed E-state index contributed by atoms with van der Waals surface area (Å²) in [5.74, 6) is 1.46. The number of hydrogen-bond donors (Lipinski definition) is 0. The molecule has 200 valence electrons. The number of ether oxygens (including phenoxy) is 1. The normalized spacial score (nSPS) is 17.8. The van der Waals surface area contributed by atoms with Gasteiger partial charge in [0.05, 0.1) is 29.0 Å². The van der Waals surface area contributed by atoms with Crippen LogP contribution >= 0.6 is 0 Å². The van der Waals surface area contributed by atoms with Crippen LogP contribution in [0, 0.1) is 0 Å². The average molecular weight is 524 g/mol. The van der Waals surface area contributed by atoms with E-state index in [-0.39, 0.29) is 17.6 Å². The summed E-state index contributed by atoms with van der Waals surface area (Å²) in [4.78, 5) is 35.3. The molecule has 2 aromatic heterocycles. The Bertz CT molecular complexity index is 1540. The number of benzene rings is 2. The lowest BCUT2D eigenvalue weighted by atomic mass is 10.1. The van der Waals surface area contributed by atoms with Gasteiger partial charge >= 0.3 is 5.69 Å². The van der Waals surface area contributed by atoms with Gasteiger partial charge in [0.2, 0.25) is 5.91 Å². The number of para-hydroxylation sites is 1. The first kappa shape index (κ1) is 25.1. The highest BCUT2D eigenvalue weighted by Crippen LogP contribution is 2.28. The number of rotatable bonds is 8. The van der Waals surface area contributed by atoms with Crippen LogP contribution in [0.4, 0.5) is 0 Å². The Morgan fingerprint density at radius 2 is 1.79 bits per heavy atom. The van der Waals surface area contributed by atoms with Crippen molar-refractivity contribution in [3.05, 3.63) is 95.7 Å². The van der Waals surface area contributed by atoms with Gasteiger partial charge in [0.1, 0.15) is 11.5 Å². The standard InChI is InChI=1S/C31H33N5O3/c1-33(23-11-12-23)19-6-10-30(37)34-20-5-7-25(22-34)36-28-17-18-32-21-29(28)35(31(36)38)24-13-15-27(16-14-24)39-26-8-3-2-4-9-26/h2-4,6,8-10,13-18,21,23,25H,5,7,11-12,19-20,22H2,1H3/t25-/m1/s1. The van der Waals surface area contributed by atoms with Gasteiger partial charge < -0.3 is 9.64 Å². The zero-order valence-corrected chi connectivity index (χ0v) is 22.1. The Kier molecular flexibility index (Phi) is 7.02. The van der Waals surface area contributed by atoms with E-state index in [2.05, 4.69) is 16.9 Å². The van der Waals surface area contributed by atoms with Gasteiger partial charge in [0, 0.05) is 37.9 Å². The quantitative estimate of drug-likeness (QED) is 0.311. The van der Waals surface area contributed by atoms with Crippen molar-refractivity contribution in [3.8, 4) is 17.2 Å². The number of aromatic nitrogens is 3. The van der Waals surface area contributed by atoms with Crippen LogP contribution < -0.4 is 10.4 Å². The Morgan fingerprint density at radius 3 is 2.56 bits per heavy atom. The number of carbonyl (C=O) groups excluding carboxylic acids is 1. The lowest BCUT2D eigenvalue weighted by Gasteiger charge is -2.32. The summed E-state index contributed by atoms with van der Waals surface area (Å²) in [5, 5.41) is 0. The Hall–Kier alpha value is -4.17. The molecule has 2 aliphatic rings. The minimum Gasteiger partial charge on any atom is -0.457 e. The second-order valence-electron chi connectivity index (χ2n) is 10.4. The SMILES string of the molecule is CN(CC=CC(=O)N1CCC[C@@H](n2c(=O)n(-c3ccc(Oc4ccccc4)cc3)c3cnccc32)C1)C1CC1. The van der Waals surface area contributed by atoms with Crippen molar-refractivity contribution in [2.45, 2.75) is 37.8 Å². The van der Waals surface area contributed by atoms with E-state index < -0.39 is 0 Å². The number of hydrogen-bond acceptors (Lipinski definition) is 5. The first-order chi connectivity index (χ1) is 19.1. The average Bonchev–Trinajstić information content (AvgIpc) is 3.77. The molecule has 1 saturated heterocycles. The third-order valence-corrected chi connectivity index (χ3v) is 7.65. The molecule has 0 radical (unpaired) electrons. The number of likely N-dealkylation sites (N-methyl/N-ethyl adjacent to an activating group) is 1. The molecule has 1 amide bonds. The fourth-order valence-corrected chi connectivity index (χ4v) is 5.41. The van der Waals surface area contributed by atoms with Crippen molar-refractivity contribution >= 4 is 16.9 Å². The maximum Gasteiger partial charge on any atom is 0.334 e. The van der Waals surface area contributed by atoms with Crippen molar-refractivity contribution in [1.29, 1.82) is 0 Å². The van der Waals surface area contributed by atoms with E-state index >= 15 is 0 Å². The number of piperidine rings is 1. The predicted octanol–water partition coefficient (Wildman–Crippen LogP) is 4.79. The summed E-state index contributed by atoms with van der Waals surface area (Å²) in [6, 6.07) is 19.5. The molecule has 0 spiro atoms. The molecule has 0 bridgehead atoms. The Labute approximate surface area is 227 Å². The molecule has 2 fully saturated rings. The van der Waals surface area contributed by atoms with Gasteiger partial charge in [-0.3, -0.25) is 23.8 Å². The zero-order chi connectivity index (χ0) is 26.8. The highest BCUT2D eigenvalue weighted by molar-refractivity contribution is 5.87. The molecule has 1 aliphatic carbocycles. The first-order valence-corrected chi connectivity index (χ1v) is 13.6. The zero-order valence-electron chi connectivity index (χ0n) is 22.1. The molecule has 8 heteroatoms. The summed E-state index contributed by atoms with van der Waals surface area (Å²) in [6.07, 6.45) is 11.3. The lowest BCUT2D eigenvalue weighted by molar-refractivity contribution is -0.127. The van der Waals surface area contributed by atoms with Gasteiger partial charge in [-0.15, -0.1) is 0 Å². The van der Waals surface area contributed by atoms with E-state index in [0.717, 1.165) is 41.9 Å². The molecule has 8 nitrogen and oxygen atoms in total. The van der Waals surface area contributed by atoms with Crippen LogP contribution in [0.2, 0.25) is 0 Å². The predicted molar refractivity (Wildman–Crippen MR) is 151 cm³/mol. The number of amides is 1. The molecule has 6 rings (SSSR count). The lowest BCUT2D eigenvalue weighted by Crippen LogP contribution is -2.42. The van der Waals surface area contributed by atoms with Crippen LogP contribution in [-0.2, 0) is 4.79 Å². The van der Waals surface area contributed by atoms with E-state index in [4.69, 9.17) is 4.74 Å². The third-order valence-electron chi connectivity index (χ3n) is 7.65. The molecule has 2 aromatic carbocycles. The molecule has 3 heterocycles. The first-order valence-electron chi connectivity index (χ1n) is 13.6. The van der Waals surface area contributed by atoms with Gasteiger partial charge in [-0.25, -0.2) is 4.79 Å². The Balaban J connectivity index is 1.24. The van der Waals surface area contributed by atoms with Crippen LogP contribution in [0.5, 0.6) is 11.5 Å². The monoisotopic (exact) mass is 523 g/mol. The minimum absolute atomic E-state index is 0.0105. The summed E-state index contributed by atoms with van der Waals surface area (Å²) in [5.41, 5.74) is 2.17. The molecule has 39 heavy (non-hydrogen) atoms. The Morgan fingerprint density at radius 1 is 1.03 bits per heavy atom. The van der Waals surface area contributed by atoms with E-state index in [1.165, 1.54) is 12.8 Å². The number of nitrogens with zero attached hydrogens (tertiary/aromatic N) is 5. The minimum atomic E-state index is -0.129. The fraction of sp³-hybridized carbons (Fsp3) is 0.323. The van der Waals surface area contributed by atoms with Crippen LogP contribution in [0.1, 0.15) is 31.7 Å². The summed E-state index contributed by atoms with van der Waals surface area (Å²) in [6.45, 7) is 1.99. The second kappa shape index (κ2) is 10.9. The second-order valence-corrected chi connectivity index (χ2v) is 10.4. The molecular weight excluding hydrogens is 490 g/mol. The van der Waals surface area contributed by atoms with Crippen LogP contribution in [0.3, 0.4) is 0 Å². The molecule has 4 aromatic rings. The smallest absolute Gasteiger partial charge is 0.334 e. The third kappa shape index (κ3) is 5.38. The molecule has 1 atom stereocenters. The van der Waals surface area contributed by atoms with E-state index in [1.807, 2.05) is 76.2 Å². The van der Waals surface area contributed by atoms with E-state index in [1.54, 1.807) is 23.0 Å². The number of fused-ring (bicyclic) bond motifs is 1. The van der Waals surface area contributed by atoms with Crippen molar-refractivity contribution < 1.29 is 9.53 Å². The van der Waals surface area contributed by atoms with Gasteiger partial charge in [-0.2, -0.15) is 0 Å². The molecular formula is C31H33N5O3. The summed E-state index contributed by atoms with van der Waals surface area (Å²) in [7, 11) is 2.10. The molecule has 1 saturated carbocycles. The van der Waals surface area contributed by atoms with Gasteiger partial charge in [-0.05, 0) is 75.2 Å². The number of carbonyl (C=O) groups is 1. The van der Waals surface area contributed by atoms with Gasteiger partial charge in [0.25, 0.3) is 0 Å². The fourth-order valence-electron chi connectivity index (χ4n) is 5.41. The van der Waals surface area contributed by atoms with Crippen molar-refractivity contribution in [2.24, 2.45) is 0 Å². The van der Waals surface area contributed by atoms with Crippen LogP contribution in [0.25, 0.3) is 16.7 Å². The molecule has 0 N–H and O–H groups in total. The summed E-state index contributed by atoms with van der Waals surface area (Å²) < 4.78 is 9.47. The van der Waals surface area contributed by atoms with E-state index in [9.17, 15) is 9.59 Å². The van der Waals surface area contributed by atoms with Crippen molar-refractivity contribution in [1.82, 2.24) is 23.9 Å². The van der Waals surface area contributed by atoms with Gasteiger partial charge in [-0.1, -0.05) is 24.3 Å². The maximum absolute atomic E-state index is 13.9. The molecule has 1 aliphatic heterocycles. The number of pyridine rings is 1. The largest absolute Gasteiger partial charge is 0.457 e. The van der Waals surface area contributed by atoms with Gasteiger partial charge in [0.15, 0.2) is 0 Å². The van der Waals surface area contributed by atoms with Crippen LogP contribution in [-0.4, -0.2) is 62.5 Å². The number of likely N-dealkylation sites (tertiary alicyclic amines) is 1. The maximum atomic E-state index is 13.9. The summed E-state index contributed by atoms with van der Waals surface area (Å²) >= 11 is 0. The molecule has 0 unspecified atom stereocenters. The number of imidazole rings is 1. The van der Waals surface area contributed by atoms with Crippen LogP contribution in [0.15, 0.2) is 90.0 Å². The topological polar surface area (TPSA) is 72.6 Å².